The fourth-order valence-corrected chi connectivity index (χ4v) is 3.07. The lowest BCUT2D eigenvalue weighted by Gasteiger charge is -2.24. The average Bonchev–Trinajstić information content (AvgIpc) is 2.85. The second-order valence-electron chi connectivity index (χ2n) is 8.27. The number of ether oxygens (including phenoxy) is 1. The van der Waals surface area contributed by atoms with E-state index in [0.29, 0.717) is 19.6 Å². The van der Waals surface area contributed by atoms with Crippen LogP contribution in [0.25, 0.3) is 0 Å². The molecule has 1 aliphatic heterocycles. The van der Waals surface area contributed by atoms with Crippen molar-refractivity contribution in [3.63, 3.8) is 0 Å². The first-order chi connectivity index (χ1) is 11.7. The van der Waals surface area contributed by atoms with Crippen molar-refractivity contribution in [2.75, 3.05) is 26.7 Å². The summed E-state index contributed by atoms with van der Waals surface area (Å²) in [7, 11) is 2.03. The minimum atomic E-state index is -0.664. The van der Waals surface area contributed by atoms with Crippen molar-refractivity contribution >= 4 is 5.91 Å². The van der Waals surface area contributed by atoms with Crippen molar-refractivity contribution in [3.05, 3.63) is 35.9 Å². The van der Waals surface area contributed by atoms with Crippen molar-refractivity contribution in [2.45, 2.75) is 51.9 Å². The van der Waals surface area contributed by atoms with Crippen LogP contribution in [0.3, 0.4) is 0 Å². The number of rotatable bonds is 7. The number of nitrogens with one attached hydrogen (secondary N) is 1. The zero-order chi connectivity index (χ0) is 18.4. The van der Waals surface area contributed by atoms with E-state index in [1.807, 2.05) is 46.0 Å². The Morgan fingerprint density at radius 2 is 2.00 bits per heavy atom. The van der Waals surface area contributed by atoms with Crippen LogP contribution in [0.4, 0.5) is 0 Å². The highest BCUT2D eigenvalue weighted by atomic mass is 16.5. The lowest BCUT2D eigenvalue weighted by molar-refractivity contribution is -0.124. The molecule has 2 N–H and O–H groups in total. The molecule has 1 amide bonds. The lowest BCUT2D eigenvalue weighted by atomic mass is 9.91. The number of aliphatic hydroxyl groups excluding tert-OH is 1. The van der Waals surface area contributed by atoms with Crippen LogP contribution in [0.5, 0.6) is 0 Å². The van der Waals surface area contributed by atoms with Crippen LogP contribution in [0.2, 0.25) is 0 Å². The highest BCUT2D eigenvalue weighted by Gasteiger charge is 2.37. The van der Waals surface area contributed by atoms with Gasteiger partial charge in [0.1, 0.15) is 6.10 Å². The first-order valence-corrected chi connectivity index (χ1v) is 9.06. The molecule has 1 aromatic rings. The van der Waals surface area contributed by atoms with E-state index in [2.05, 4.69) is 22.3 Å². The van der Waals surface area contributed by atoms with Gasteiger partial charge in [0.15, 0.2) is 0 Å². The van der Waals surface area contributed by atoms with Gasteiger partial charge in [-0.15, -0.1) is 0 Å². The van der Waals surface area contributed by atoms with Gasteiger partial charge in [0.2, 0.25) is 5.91 Å². The van der Waals surface area contributed by atoms with Crippen LogP contribution < -0.4 is 5.32 Å². The van der Waals surface area contributed by atoms with Crippen molar-refractivity contribution in [2.24, 2.45) is 5.41 Å². The summed E-state index contributed by atoms with van der Waals surface area (Å²) in [5.41, 5.74) is 1.24. The molecule has 1 fully saturated rings. The van der Waals surface area contributed by atoms with E-state index in [0.717, 1.165) is 13.0 Å². The highest BCUT2D eigenvalue weighted by Crippen LogP contribution is 2.20. The molecule has 140 valence electrons. The fourth-order valence-electron chi connectivity index (χ4n) is 3.07. The molecule has 5 nitrogen and oxygen atoms in total. The summed E-state index contributed by atoms with van der Waals surface area (Å²) in [4.78, 5) is 14.2. The number of likely N-dealkylation sites (N-methyl/N-ethyl adjacent to an activating group) is 1. The van der Waals surface area contributed by atoms with Crippen molar-refractivity contribution in [1.29, 1.82) is 0 Å². The van der Waals surface area contributed by atoms with Crippen LogP contribution in [0.15, 0.2) is 30.3 Å². The topological polar surface area (TPSA) is 61.8 Å². The molecule has 1 heterocycles. The Hall–Kier alpha value is -1.43. The second-order valence-corrected chi connectivity index (χ2v) is 8.27. The molecule has 0 spiro atoms. The van der Waals surface area contributed by atoms with Crippen LogP contribution in [0.1, 0.15) is 32.8 Å². The van der Waals surface area contributed by atoms with Crippen LogP contribution in [-0.2, 0) is 16.0 Å². The maximum Gasteiger partial charge on any atom is 0.220 e. The van der Waals surface area contributed by atoms with E-state index in [-0.39, 0.29) is 23.5 Å². The number of hydrogen-bond donors (Lipinski definition) is 2. The van der Waals surface area contributed by atoms with Crippen LogP contribution in [0, 0.1) is 5.41 Å². The normalized spacial score (nSPS) is 23.8. The number of amides is 1. The van der Waals surface area contributed by atoms with Crippen LogP contribution >= 0.6 is 0 Å². The number of nitrogens with zero attached hydrogens (tertiary/aromatic N) is 1. The third-order valence-electron chi connectivity index (χ3n) is 4.44. The third-order valence-corrected chi connectivity index (χ3v) is 4.44. The number of hydrogen-bond acceptors (Lipinski definition) is 4. The van der Waals surface area contributed by atoms with E-state index in [4.69, 9.17) is 4.74 Å². The van der Waals surface area contributed by atoms with Gasteiger partial charge in [-0.25, -0.2) is 0 Å². The number of aliphatic hydroxyl groups is 1. The van der Waals surface area contributed by atoms with Crippen molar-refractivity contribution in [3.8, 4) is 0 Å². The monoisotopic (exact) mass is 348 g/mol. The molecule has 0 bridgehead atoms. The Balaban J connectivity index is 1.75. The maximum atomic E-state index is 12.1. The number of carbonyl (C=O) groups is 1. The molecule has 1 saturated heterocycles. The van der Waals surface area contributed by atoms with Crippen molar-refractivity contribution < 1.29 is 14.6 Å². The predicted octanol–water partition coefficient (Wildman–Crippen LogP) is 1.84. The Morgan fingerprint density at radius 1 is 1.32 bits per heavy atom. The first-order valence-electron chi connectivity index (χ1n) is 9.06. The minimum absolute atomic E-state index is 0.0294. The van der Waals surface area contributed by atoms with E-state index in [9.17, 15) is 9.90 Å². The number of carbonyl (C=O) groups excluding carboxylic acids is 1. The Kier molecular flexibility index (Phi) is 6.99. The molecule has 0 saturated carbocycles. The molecule has 1 aliphatic rings. The summed E-state index contributed by atoms with van der Waals surface area (Å²) in [5, 5.41) is 13.4. The smallest absolute Gasteiger partial charge is 0.220 e. The van der Waals surface area contributed by atoms with E-state index < -0.39 is 6.10 Å². The standard InChI is InChI=1S/C20H32N2O3/c1-20(2,3)12-18(23)21-16-14-25-17(19(16)24)13-22(4)11-10-15-8-6-5-7-9-15/h5-9,16-17,19,24H,10-14H2,1-4H3,(H,21,23). The van der Waals surface area contributed by atoms with Gasteiger partial charge in [0.05, 0.1) is 18.8 Å². The zero-order valence-electron chi connectivity index (χ0n) is 15.9. The second kappa shape index (κ2) is 8.79. The van der Waals surface area contributed by atoms with Crippen molar-refractivity contribution in [1.82, 2.24) is 10.2 Å². The lowest BCUT2D eigenvalue weighted by Crippen LogP contribution is -2.47. The van der Waals surface area contributed by atoms with Crippen LogP contribution in [-0.4, -0.2) is 60.9 Å². The third kappa shape index (κ3) is 6.77. The highest BCUT2D eigenvalue weighted by molar-refractivity contribution is 5.77. The molecule has 1 aromatic carbocycles. The Bertz CT molecular complexity index is 542. The molecule has 0 aliphatic carbocycles. The molecule has 3 atom stereocenters. The summed E-state index contributed by atoms with van der Waals surface area (Å²) >= 11 is 0. The first kappa shape index (κ1) is 19.9. The van der Waals surface area contributed by atoms with E-state index in [1.165, 1.54) is 5.56 Å². The summed E-state index contributed by atoms with van der Waals surface area (Å²) < 4.78 is 5.73. The van der Waals surface area contributed by atoms with Gasteiger partial charge in [-0.2, -0.15) is 0 Å². The van der Waals surface area contributed by atoms with Gasteiger partial charge in [0, 0.05) is 19.5 Å². The molecule has 2 rings (SSSR count). The van der Waals surface area contributed by atoms with Gasteiger partial charge in [-0.1, -0.05) is 51.1 Å². The Morgan fingerprint density at radius 3 is 2.64 bits per heavy atom. The quantitative estimate of drug-likeness (QED) is 0.789. The average molecular weight is 348 g/mol. The predicted molar refractivity (Wildman–Crippen MR) is 99.4 cm³/mol. The molecular weight excluding hydrogens is 316 g/mol. The SMILES string of the molecule is CN(CCc1ccccc1)CC1OCC(NC(=O)CC(C)(C)C)C1O. The van der Waals surface area contributed by atoms with E-state index >= 15 is 0 Å². The molecule has 5 heteroatoms. The van der Waals surface area contributed by atoms with E-state index in [1.54, 1.807) is 0 Å². The molecule has 3 unspecified atom stereocenters. The minimum Gasteiger partial charge on any atom is -0.388 e. The molecule has 0 radical (unpaired) electrons. The Labute approximate surface area is 151 Å². The summed E-state index contributed by atoms with van der Waals surface area (Å²) in [6.07, 6.45) is 0.479. The fraction of sp³-hybridized carbons (Fsp3) is 0.650. The largest absolute Gasteiger partial charge is 0.388 e. The summed E-state index contributed by atoms with van der Waals surface area (Å²) in [6, 6.07) is 10.0. The van der Waals surface area contributed by atoms with Gasteiger partial charge in [-0.05, 0) is 24.4 Å². The van der Waals surface area contributed by atoms with Gasteiger partial charge in [-0.3, -0.25) is 4.79 Å². The zero-order valence-corrected chi connectivity index (χ0v) is 15.9. The van der Waals surface area contributed by atoms with Gasteiger partial charge in [0.25, 0.3) is 0 Å². The van der Waals surface area contributed by atoms with Gasteiger partial charge < -0.3 is 20.1 Å². The van der Waals surface area contributed by atoms with Gasteiger partial charge >= 0.3 is 0 Å². The number of benzene rings is 1. The molecule has 0 aromatic heterocycles. The summed E-state index contributed by atoms with van der Waals surface area (Å²) in [6.45, 7) is 8.00. The maximum absolute atomic E-state index is 12.1. The molecule has 25 heavy (non-hydrogen) atoms. The molecular formula is C20H32N2O3. The summed E-state index contributed by atoms with van der Waals surface area (Å²) in [5.74, 6) is -0.0294.